The number of ether oxygens (including phenoxy) is 3. The van der Waals surface area contributed by atoms with Crippen LogP contribution in [0.4, 0.5) is 4.79 Å². The summed E-state index contributed by atoms with van der Waals surface area (Å²) in [5.74, 6) is -1.71. The van der Waals surface area contributed by atoms with E-state index >= 15 is 0 Å². The normalized spacial score (nSPS) is 13.0. The fourth-order valence-electron chi connectivity index (χ4n) is 2.96. The summed E-state index contributed by atoms with van der Waals surface area (Å²) in [6, 6.07) is -2.19. The van der Waals surface area contributed by atoms with Crippen molar-refractivity contribution in [1.82, 2.24) is 26.6 Å². The lowest BCUT2D eigenvalue weighted by Crippen LogP contribution is -2.54. The third-order valence-corrected chi connectivity index (χ3v) is 6.30. The van der Waals surface area contributed by atoms with Gasteiger partial charge in [0.05, 0.1) is 39.1 Å². The molecule has 0 fully saturated rings. The standard InChI is InChI=1S/C24H47N7O9S/c1-3-27-16-39-9-5-6-17(40-24(37)28-4-2)14-41-15-18(25)22(35)31-19(13-32)23(36)29-8-11-38-10-7-21(34)30-12-20(26)33/h17-19,27,32H,3-16,25H2,1-2H3,(H2,26,33)(H,28,37)(H,29,36)(H,30,34)(H,31,35). The zero-order valence-corrected chi connectivity index (χ0v) is 24.7. The third kappa shape index (κ3) is 21.7. The number of rotatable bonds is 25. The summed E-state index contributed by atoms with van der Waals surface area (Å²) in [7, 11) is 0. The highest BCUT2D eigenvalue weighted by molar-refractivity contribution is 7.99. The van der Waals surface area contributed by atoms with Crippen LogP contribution in [0.3, 0.4) is 0 Å². The van der Waals surface area contributed by atoms with E-state index in [0.717, 1.165) is 6.54 Å². The summed E-state index contributed by atoms with van der Waals surface area (Å²) in [4.78, 5) is 58.7. The smallest absolute Gasteiger partial charge is 0.407 e. The van der Waals surface area contributed by atoms with E-state index in [9.17, 15) is 29.1 Å². The summed E-state index contributed by atoms with van der Waals surface area (Å²) < 4.78 is 16.1. The van der Waals surface area contributed by atoms with E-state index < -0.39 is 54.5 Å². The molecule has 0 rings (SSSR count). The van der Waals surface area contributed by atoms with Crippen LogP contribution in [0.2, 0.25) is 0 Å². The average molecular weight is 610 g/mol. The predicted octanol–water partition coefficient (Wildman–Crippen LogP) is -2.87. The van der Waals surface area contributed by atoms with Gasteiger partial charge in [0.15, 0.2) is 0 Å². The van der Waals surface area contributed by atoms with Crippen LogP contribution in [0.5, 0.6) is 0 Å². The van der Waals surface area contributed by atoms with Crippen LogP contribution in [-0.4, -0.2) is 124 Å². The van der Waals surface area contributed by atoms with Gasteiger partial charge in [0.25, 0.3) is 0 Å². The Morgan fingerprint density at radius 3 is 2.34 bits per heavy atom. The van der Waals surface area contributed by atoms with Gasteiger partial charge < -0.3 is 52.1 Å². The van der Waals surface area contributed by atoms with Gasteiger partial charge >= 0.3 is 6.09 Å². The van der Waals surface area contributed by atoms with E-state index in [2.05, 4.69) is 26.6 Å². The van der Waals surface area contributed by atoms with Crippen LogP contribution in [0, 0.1) is 0 Å². The van der Waals surface area contributed by atoms with Gasteiger partial charge in [-0.3, -0.25) is 24.5 Å². The number of aliphatic hydroxyl groups excluding tert-OH is 1. The molecule has 0 aromatic rings. The van der Waals surface area contributed by atoms with Crippen molar-refractivity contribution in [2.24, 2.45) is 11.5 Å². The molecule has 16 nitrogen and oxygen atoms in total. The van der Waals surface area contributed by atoms with E-state index in [1.165, 1.54) is 11.8 Å². The second-order valence-electron chi connectivity index (χ2n) is 8.64. The number of alkyl carbamates (subject to hydrolysis) is 1. The average Bonchev–Trinajstić information content (AvgIpc) is 2.93. The molecule has 3 atom stereocenters. The maximum absolute atomic E-state index is 12.5. The number of carbonyl (C=O) groups is 5. The fraction of sp³-hybridized carbons (Fsp3) is 0.792. The number of hydrogen-bond acceptors (Lipinski definition) is 12. The van der Waals surface area contributed by atoms with Crippen LogP contribution in [0.15, 0.2) is 0 Å². The van der Waals surface area contributed by atoms with Crippen molar-refractivity contribution in [3.63, 3.8) is 0 Å². The number of thioether (sulfide) groups is 1. The first-order valence-electron chi connectivity index (χ1n) is 13.5. The quantitative estimate of drug-likeness (QED) is 0.0384. The maximum atomic E-state index is 12.5. The zero-order chi connectivity index (χ0) is 30.9. The van der Waals surface area contributed by atoms with E-state index in [4.69, 9.17) is 25.7 Å². The van der Waals surface area contributed by atoms with Gasteiger partial charge in [-0.1, -0.05) is 6.92 Å². The minimum absolute atomic E-state index is 0.0104. The lowest BCUT2D eigenvalue weighted by Gasteiger charge is -2.20. The lowest BCUT2D eigenvalue weighted by molar-refractivity contribution is -0.130. The highest BCUT2D eigenvalue weighted by Crippen LogP contribution is 2.13. The van der Waals surface area contributed by atoms with Gasteiger partial charge in [0.2, 0.25) is 23.6 Å². The Labute approximate surface area is 245 Å². The van der Waals surface area contributed by atoms with Crippen molar-refractivity contribution in [2.75, 3.05) is 70.8 Å². The Hall–Kier alpha value is -2.70. The Morgan fingerprint density at radius 1 is 0.927 bits per heavy atom. The van der Waals surface area contributed by atoms with Crippen molar-refractivity contribution in [3.05, 3.63) is 0 Å². The number of nitrogens with one attached hydrogen (secondary N) is 5. The first kappa shape index (κ1) is 38.3. The summed E-state index contributed by atoms with van der Waals surface area (Å²) in [5.41, 5.74) is 10.9. The largest absolute Gasteiger partial charge is 0.445 e. The van der Waals surface area contributed by atoms with E-state index in [0.29, 0.717) is 38.5 Å². The molecule has 5 amide bonds. The Kier molecular flexibility index (Phi) is 23.4. The molecule has 3 unspecified atom stereocenters. The molecule has 238 valence electrons. The molecular formula is C24H47N7O9S. The molecule has 41 heavy (non-hydrogen) atoms. The van der Waals surface area contributed by atoms with E-state index in [-0.39, 0.29) is 38.5 Å². The van der Waals surface area contributed by atoms with Crippen molar-refractivity contribution in [2.45, 2.75) is 51.3 Å². The van der Waals surface area contributed by atoms with Crippen LogP contribution in [0.25, 0.3) is 0 Å². The molecule has 0 aromatic heterocycles. The molecule has 0 aliphatic heterocycles. The third-order valence-electron chi connectivity index (χ3n) is 5.10. The molecule has 10 N–H and O–H groups in total. The van der Waals surface area contributed by atoms with Crippen molar-refractivity contribution < 1.29 is 43.3 Å². The predicted molar refractivity (Wildman–Crippen MR) is 153 cm³/mol. The van der Waals surface area contributed by atoms with Gasteiger partial charge in [-0.15, -0.1) is 0 Å². The highest BCUT2D eigenvalue weighted by Gasteiger charge is 2.23. The second-order valence-corrected chi connectivity index (χ2v) is 9.72. The molecular weight excluding hydrogens is 562 g/mol. The van der Waals surface area contributed by atoms with Gasteiger partial charge in [0, 0.05) is 37.6 Å². The zero-order valence-electron chi connectivity index (χ0n) is 23.9. The van der Waals surface area contributed by atoms with Gasteiger partial charge in [0.1, 0.15) is 12.1 Å². The van der Waals surface area contributed by atoms with Crippen LogP contribution < -0.4 is 38.1 Å². The summed E-state index contributed by atoms with van der Waals surface area (Å²) in [6.07, 6.45) is 0.314. The minimum Gasteiger partial charge on any atom is -0.445 e. The molecule has 0 saturated heterocycles. The molecule has 0 spiro atoms. The topological polar surface area (TPSA) is 245 Å². The van der Waals surface area contributed by atoms with Crippen molar-refractivity contribution in [1.29, 1.82) is 0 Å². The number of amides is 5. The Balaban J connectivity index is 4.39. The monoisotopic (exact) mass is 609 g/mol. The van der Waals surface area contributed by atoms with Crippen molar-refractivity contribution >= 4 is 41.5 Å². The highest BCUT2D eigenvalue weighted by atomic mass is 32.2. The van der Waals surface area contributed by atoms with E-state index in [1.807, 2.05) is 6.92 Å². The second kappa shape index (κ2) is 25.0. The molecule has 0 radical (unpaired) electrons. The summed E-state index contributed by atoms with van der Waals surface area (Å²) in [5, 5.41) is 22.4. The number of hydrogen-bond donors (Lipinski definition) is 8. The van der Waals surface area contributed by atoms with E-state index in [1.54, 1.807) is 6.92 Å². The van der Waals surface area contributed by atoms with Crippen LogP contribution >= 0.6 is 11.8 Å². The summed E-state index contributed by atoms with van der Waals surface area (Å²) >= 11 is 1.33. The molecule has 0 bridgehead atoms. The molecule has 0 aliphatic rings. The van der Waals surface area contributed by atoms with Gasteiger partial charge in [-0.2, -0.15) is 11.8 Å². The first-order chi connectivity index (χ1) is 19.6. The number of primary amides is 1. The first-order valence-corrected chi connectivity index (χ1v) is 14.7. The molecule has 0 saturated carbocycles. The fourth-order valence-corrected chi connectivity index (χ4v) is 4.00. The number of carbonyl (C=O) groups excluding carboxylic acids is 5. The molecule has 0 heterocycles. The van der Waals surface area contributed by atoms with Crippen molar-refractivity contribution in [3.8, 4) is 0 Å². The lowest BCUT2D eigenvalue weighted by atomic mass is 10.2. The molecule has 0 aliphatic carbocycles. The minimum atomic E-state index is -1.21. The van der Waals surface area contributed by atoms with Gasteiger partial charge in [-0.25, -0.2) is 4.79 Å². The van der Waals surface area contributed by atoms with Gasteiger partial charge in [-0.05, 0) is 26.3 Å². The summed E-state index contributed by atoms with van der Waals surface area (Å²) in [6.45, 7) is 5.25. The number of nitrogens with two attached hydrogens (primary N) is 2. The Bertz CT molecular complexity index is 780. The van der Waals surface area contributed by atoms with Crippen LogP contribution in [-0.2, 0) is 33.4 Å². The maximum Gasteiger partial charge on any atom is 0.407 e. The van der Waals surface area contributed by atoms with Crippen LogP contribution in [0.1, 0.15) is 33.1 Å². The number of aliphatic hydroxyl groups is 1. The SMILES string of the molecule is CCNCOCCCC(CSCC(N)C(=O)NC(CO)C(=O)NCCOCCC(=O)NCC(N)=O)OC(=O)NCC. The molecule has 0 aromatic carbocycles. The molecule has 17 heteroatoms. The Morgan fingerprint density at radius 2 is 1.68 bits per heavy atom.